The van der Waals surface area contributed by atoms with E-state index in [4.69, 9.17) is 113 Å². The lowest BCUT2D eigenvalue weighted by molar-refractivity contribution is -0.207. The van der Waals surface area contributed by atoms with Crippen LogP contribution in [0, 0.1) is 31.4 Å². The molecule has 696 valence electrons. The molecule has 0 aliphatic carbocycles. The van der Waals surface area contributed by atoms with Crippen LogP contribution in [0.25, 0.3) is 0 Å². The van der Waals surface area contributed by atoms with E-state index in [0.29, 0.717) is 61.1 Å². The number of aromatic amines is 3. The zero-order chi connectivity index (χ0) is 98.5. The number of phosphoric acid groups is 4. The summed E-state index contributed by atoms with van der Waals surface area (Å²) in [7, 11) is -13.4. The Labute approximate surface area is 740 Å². The number of aromatic nitrogens is 6. The summed E-state index contributed by atoms with van der Waals surface area (Å²) in [6.07, 6.45) is -27.5. The van der Waals surface area contributed by atoms with E-state index < -0.39 is 221 Å². The van der Waals surface area contributed by atoms with Crippen molar-refractivity contribution in [2.24, 2.45) is 0 Å². The van der Waals surface area contributed by atoms with Gasteiger partial charge in [0.2, 0.25) is 0 Å². The van der Waals surface area contributed by atoms with E-state index in [1.807, 2.05) is 15.0 Å². The SMILES string of the molecule is COc1cccc2c1OP(=O)(OC[C@@]1(F)O[C@@H](n3cc(F)c(=S)[nH]c3=O)[C@H](O)[C@@H]1O)OC2.[2H]C([2H])(OP1(=O)OCc2cccc(OC)c2O1)[C@@]1(F)O[C@@H](n2cc(F)c(=S)[nH]c2=O)[C@H](O)[C@@H]1O.[2H]C([2H])(OP1(=O)OCc2cccc(OC)c2O1)[C@@]1(F)O[C@@]([2H])(N2C=C(F)C(=S)NC2=C)[C@H](O)[C@@H]1O.[2H][C@@]1(n2cc(F)c(=S)[nH]c2=O)O[C@](F)(COP2(=O)OCc3cccc(OC)c3O2)[C@@H](O)[C@H]1O. The highest BCUT2D eigenvalue weighted by Crippen LogP contribution is 2.62. The maximum atomic E-state index is 15.9. The molecule has 12 heterocycles. The number of halogens is 8. The van der Waals surface area contributed by atoms with Crippen molar-refractivity contribution in [1.29, 1.82) is 0 Å². The largest absolute Gasteiger partial charge is 0.530 e. The highest BCUT2D eigenvalue weighted by molar-refractivity contribution is 7.80. The topological polar surface area (TPSA) is 543 Å². The molecule has 0 bridgehead atoms. The van der Waals surface area contributed by atoms with E-state index in [-0.39, 0.29) is 76.2 Å². The summed E-state index contributed by atoms with van der Waals surface area (Å²) < 4.78 is 318. The van der Waals surface area contributed by atoms with E-state index in [9.17, 15) is 91.1 Å². The zero-order valence-corrected chi connectivity index (χ0v) is 71.6. The van der Waals surface area contributed by atoms with Crippen molar-refractivity contribution in [2.45, 2.75) is 124 Å². The van der Waals surface area contributed by atoms with Crippen LogP contribution >= 0.6 is 80.2 Å². The number of H-pyrrole nitrogens is 3. The molecule has 4 aromatic carbocycles. The highest BCUT2D eigenvalue weighted by Gasteiger charge is 2.63. The van der Waals surface area contributed by atoms with Crippen molar-refractivity contribution in [1.82, 2.24) is 38.9 Å². The molecule has 4 unspecified atom stereocenters. The van der Waals surface area contributed by atoms with Crippen LogP contribution in [-0.2, 0) is 99.8 Å². The van der Waals surface area contributed by atoms with Crippen LogP contribution < -0.4 is 59.4 Å². The fraction of sp³-hybridized carbons (Fsp3) is 0.406. The molecule has 12 N–H and O–H groups in total. The predicted molar refractivity (Wildman–Crippen MR) is 420 cm³/mol. The fourth-order valence-electron chi connectivity index (χ4n) is 12.2. The lowest BCUT2D eigenvalue weighted by atomic mass is 10.1. The minimum absolute atomic E-state index is 0.0341. The molecule has 4 fully saturated rings. The average Bonchev–Trinajstić information content (AvgIpc) is 1.55. The number of hydrogen-bond donors (Lipinski definition) is 12. The van der Waals surface area contributed by atoms with Crippen LogP contribution in [0.5, 0.6) is 46.0 Å². The Bertz CT molecular complexity index is 6380. The van der Waals surface area contributed by atoms with Crippen molar-refractivity contribution in [3.05, 3.63) is 201 Å². The molecular formula is C69H70F8N8O35P4S4. The van der Waals surface area contributed by atoms with Crippen LogP contribution in [-0.4, -0.2) is 213 Å². The number of rotatable bonds is 20. The quantitative estimate of drug-likeness (QED) is 0.0206. The standard InChI is InChI=1S/C18H19F2N2O8PS.3C17H17F2N2O9PS/c1-9-21-16(32)11(19)6-22(9)17-13(23)15(24)18(20,29-17)8-28-31(25)27-7-10-4-3-5-12(26-2)14(10)30-31;3*1-26-10-4-2-3-8-6-27-31(25,30-12(8)10)28-7-17(19)13(23)11(22)15(29-17)21-5-9(18)14(32)20-16(21)24/h3-6,13,15,17,23-24H,1,7-8H2,2H3,(H,21,32);3*2-5,11,13,15,22-23H,6-7H2,1H3,(H,20,24,32)/t13-,15+,17-,18-,31?;3*11-,13+,15-,17-,31?/m1111/s1/i8D2,17D;15D;7D2;. The number of ether oxygens (including phenoxy) is 8. The third-order valence-corrected chi connectivity index (χ3v) is 24.9. The second kappa shape index (κ2) is 37.9. The molecule has 43 nitrogen and oxygen atoms in total. The summed E-state index contributed by atoms with van der Waals surface area (Å²) >= 11 is 18.4. The first-order valence-electron chi connectivity index (χ1n) is 38.8. The predicted octanol–water partition coefficient (Wildman–Crippen LogP) is 7.10. The number of para-hydroxylation sites is 4. The number of aliphatic hydroxyl groups is 8. The van der Waals surface area contributed by atoms with E-state index in [1.54, 1.807) is 48.5 Å². The van der Waals surface area contributed by atoms with Crippen LogP contribution in [0.1, 0.15) is 49.1 Å². The maximum absolute atomic E-state index is 15.9. The summed E-state index contributed by atoms with van der Waals surface area (Å²) in [5.74, 6) is -18.8. The van der Waals surface area contributed by atoms with Crippen molar-refractivity contribution in [3.8, 4) is 46.0 Å². The van der Waals surface area contributed by atoms with Gasteiger partial charge in [0.15, 0.2) is 94.1 Å². The number of hydrogen-bond acceptors (Lipinski definition) is 40. The number of nitrogens with zero attached hydrogens (tertiary/aromatic N) is 4. The smallest absolute Gasteiger partial charge is 0.493 e. The van der Waals surface area contributed by atoms with E-state index in [1.165, 1.54) is 52.7 Å². The lowest BCUT2D eigenvalue weighted by Gasteiger charge is -2.34. The van der Waals surface area contributed by atoms with Crippen molar-refractivity contribution < 1.29 is 195 Å². The highest BCUT2D eigenvalue weighted by atomic mass is 32.1. The van der Waals surface area contributed by atoms with E-state index in [0.717, 1.165) is 0 Å². The number of aliphatic hydroxyl groups excluding tert-OH is 8. The molecule has 0 radical (unpaired) electrons. The Morgan fingerprint density at radius 3 is 1.13 bits per heavy atom. The zero-order valence-electron chi connectivity index (χ0n) is 70.8. The molecule has 0 amide bonds. The molecule has 9 aliphatic heterocycles. The Kier molecular flexibility index (Phi) is 26.2. The number of phosphoric ester groups is 4. The monoisotopic (exact) mass is 1980 g/mol. The van der Waals surface area contributed by atoms with Crippen molar-refractivity contribution >= 4 is 85.2 Å². The molecule has 9 aliphatic rings. The number of thiocarbonyl (C=S) groups is 1. The first kappa shape index (κ1) is 88.6. The van der Waals surface area contributed by atoms with Gasteiger partial charge in [0.25, 0.3) is 23.4 Å². The van der Waals surface area contributed by atoms with Crippen LogP contribution in [0.15, 0.2) is 130 Å². The third-order valence-electron chi connectivity index (χ3n) is 18.8. The van der Waals surface area contributed by atoms with E-state index >= 15 is 17.6 Å². The van der Waals surface area contributed by atoms with Gasteiger partial charge < -0.3 is 107 Å². The Hall–Kier alpha value is -8.69. The minimum atomic E-state index is -4.91. The van der Waals surface area contributed by atoms with Gasteiger partial charge >= 0.3 is 48.4 Å². The summed E-state index contributed by atoms with van der Waals surface area (Å²) in [6, 6.07) is 18.7. The van der Waals surface area contributed by atoms with Crippen molar-refractivity contribution in [3.63, 3.8) is 0 Å². The lowest BCUT2D eigenvalue weighted by Crippen LogP contribution is -2.47. The van der Waals surface area contributed by atoms with Crippen LogP contribution in [0.3, 0.4) is 0 Å². The Balaban J connectivity index is 0.000000152. The second-order valence-corrected chi connectivity index (χ2v) is 34.9. The summed E-state index contributed by atoms with van der Waals surface area (Å²) in [6.45, 7) is -7.97. The first-order chi connectivity index (χ1) is 62.5. The molecule has 3 aromatic heterocycles. The molecule has 59 heteroatoms. The number of fused-ring (bicyclic) bond motifs is 4. The minimum Gasteiger partial charge on any atom is -0.493 e. The molecule has 4 saturated heterocycles. The molecule has 20 atom stereocenters. The number of alkyl halides is 4. The summed E-state index contributed by atoms with van der Waals surface area (Å²) in [5.41, 5.74) is -1.67. The van der Waals surface area contributed by atoms with Gasteiger partial charge in [-0.05, 0) is 24.3 Å². The average molecular weight is 1980 g/mol. The number of methoxy groups -OCH3 is 4. The van der Waals surface area contributed by atoms with Gasteiger partial charge in [0, 0.05) is 28.5 Å². The van der Waals surface area contributed by atoms with Gasteiger partial charge in [0.1, 0.15) is 99.9 Å². The third kappa shape index (κ3) is 19.8. The van der Waals surface area contributed by atoms with Gasteiger partial charge in [-0.15, -0.1) is 0 Å². The second-order valence-electron chi connectivity index (χ2n) is 27.0. The number of nitrogens with one attached hydrogen (secondary N) is 4. The first-order valence-corrected chi connectivity index (χ1v) is 43.2. The molecular weight excluding hydrogens is 1900 g/mol. The summed E-state index contributed by atoms with van der Waals surface area (Å²) in [5, 5.41) is 84.4. The van der Waals surface area contributed by atoms with Gasteiger partial charge in [-0.3, -0.25) is 64.8 Å². The fourth-order valence-corrected chi connectivity index (χ4v) is 17.5. The molecule has 7 aromatic rings. The van der Waals surface area contributed by atoms with Crippen molar-refractivity contribution in [2.75, 3.05) is 54.8 Å². The molecule has 0 saturated carbocycles. The molecule has 0 spiro atoms. The van der Waals surface area contributed by atoms with Gasteiger partial charge in [-0.2, -0.15) is 0 Å². The van der Waals surface area contributed by atoms with Gasteiger partial charge in [0.05, 0.1) is 81.7 Å². The van der Waals surface area contributed by atoms with Gasteiger partial charge in [-0.25, -0.2) is 67.8 Å². The molecule has 128 heavy (non-hydrogen) atoms. The van der Waals surface area contributed by atoms with E-state index in [2.05, 4.69) is 48.5 Å². The normalized spacial score (nSPS) is 34.5. The Morgan fingerprint density at radius 2 is 0.758 bits per heavy atom. The Morgan fingerprint density at radius 1 is 0.461 bits per heavy atom. The number of benzene rings is 4. The van der Waals surface area contributed by atoms with Crippen LogP contribution in [0.2, 0.25) is 0 Å². The van der Waals surface area contributed by atoms with Crippen LogP contribution in [0.4, 0.5) is 35.1 Å². The van der Waals surface area contributed by atoms with Gasteiger partial charge in [-0.1, -0.05) is 104 Å². The molecule has 16 rings (SSSR count). The summed E-state index contributed by atoms with van der Waals surface area (Å²) in [4.78, 5) is 42.0. The maximum Gasteiger partial charge on any atom is 0.530 e.